The van der Waals surface area contributed by atoms with Gasteiger partial charge in [0.2, 0.25) is 0 Å². The van der Waals surface area contributed by atoms with Gasteiger partial charge in [-0.3, -0.25) is 14.5 Å². The summed E-state index contributed by atoms with van der Waals surface area (Å²) < 4.78 is 16.9. The standard InChI is InChI=1S/C31H33NO6/c1-5-19-37-25-13-9-22(10-14-25)29(33)27-28(21-7-15-26(16-8-21)38-20(3)4)32(31(35)30(27)34)23-11-17-24(18-12-23)36-6-2/h7-18,20,28,33H,5-6,19H2,1-4H3/b29-27+. The van der Waals surface area contributed by atoms with E-state index in [4.69, 9.17) is 14.2 Å². The van der Waals surface area contributed by atoms with Gasteiger partial charge >= 0.3 is 0 Å². The normalized spacial score (nSPS) is 16.7. The third-order valence-electron chi connectivity index (χ3n) is 6.04. The molecule has 3 aromatic rings. The Morgan fingerprint density at radius 2 is 1.42 bits per heavy atom. The molecule has 1 aliphatic rings. The number of benzene rings is 3. The van der Waals surface area contributed by atoms with Gasteiger partial charge in [0.1, 0.15) is 23.0 Å². The lowest BCUT2D eigenvalue weighted by molar-refractivity contribution is -0.132. The first-order valence-corrected chi connectivity index (χ1v) is 12.9. The number of amides is 1. The van der Waals surface area contributed by atoms with Crippen LogP contribution in [0.4, 0.5) is 5.69 Å². The number of carbonyl (C=O) groups is 2. The predicted molar refractivity (Wildman–Crippen MR) is 147 cm³/mol. The summed E-state index contributed by atoms with van der Waals surface area (Å²) in [5.74, 6) is 0.276. The molecule has 3 aromatic carbocycles. The average Bonchev–Trinajstić information content (AvgIpc) is 3.18. The largest absolute Gasteiger partial charge is 0.507 e. The van der Waals surface area contributed by atoms with Crippen LogP contribution in [-0.4, -0.2) is 36.1 Å². The van der Waals surface area contributed by atoms with Crippen molar-refractivity contribution < 1.29 is 28.9 Å². The van der Waals surface area contributed by atoms with E-state index in [0.717, 1.165) is 6.42 Å². The molecule has 198 valence electrons. The SMILES string of the molecule is CCCOc1ccc(/C(O)=C2\C(=O)C(=O)N(c3ccc(OCC)cc3)C2c2ccc(OC(C)C)cc2)cc1. The van der Waals surface area contributed by atoms with Crippen LogP contribution in [-0.2, 0) is 9.59 Å². The van der Waals surface area contributed by atoms with Crippen LogP contribution >= 0.6 is 0 Å². The molecule has 1 atom stereocenters. The molecule has 1 N–H and O–H groups in total. The Morgan fingerprint density at radius 1 is 0.842 bits per heavy atom. The van der Waals surface area contributed by atoms with E-state index in [-0.39, 0.29) is 17.4 Å². The molecule has 0 bridgehead atoms. The van der Waals surface area contributed by atoms with Gasteiger partial charge in [-0.25, -0.2) is 0 Å². The minimum atomic E-state index is -0.836. The molecule has 4 rings (SSSR count). The Bertz CT molecular complexity index is 1290. The number of ether oxygens (including phenoxy) is 3. The van der Waals surface area contributed by atoms with Crippen LogP contribution in [0.2, 0.25) is 0 Å². The summed E-state index contributed by atoms with van der Waals surface area (Å²) in [4.78, 5) is 28.2. The number of Topliss-reactive ketones (excluding diaryl/α,β-unsaturated/α-hetero) is 1. The predicted octanol–water partition coefficient (Wildman–Crippen LogP) is 6.29. The zero-order chi connectivity index (χ0) is 27.2. The Labute approximate surface area is 223 Å². The monoisotopic (exact) mass is 515 g/mol. The maximum atomic E-state index is 13.4. The van der Waals surface area contributed by atoms with Crippen molar-refractivity contribution in [2.24, 2.45) is 0 Å². The van der Waals surface area contributed by atoms with Crippen LogP contribution < -0.4 is 19.1 Å². The highest BCUT2D eigenvalue weighted by atomic mass is 16.5. The minimum Gasteiger partial charge on any atom is -0.507 e. The van der Waals surface area contributed by atoms with Crippen LogP contribution in [0.15, 0.2) is 78.4 Å². The van der Waals surface area contributed by atoms with Crippen molar-refractivity contribution in [3.05, 3.63) is 89.5 Å². The fraction of sp³-hybridized carbons (Fsp3) is 0.290. The lowest BCUT2D eigenvalue weighted by Crippen LogP contribution is -2.29. The summed E-state index contributed by atoms with van der Waals surface area (Å²) in [7, 11) is 0. The zero-order valence-corrected chi connectivity index (χ0v) is 22.1. The van der Waals surface area contributed by atoms with E-state index in [0.29, 0.717) is 47.3 Å². The van der Waals surface area contributed by atoms with Crippen LogP contribution in [0.25, 0.3) is 5.76 Å². The second-order valence-electron chi connectivity index (χ2n) is 9.20. The van der Waals surface area contributed by atoms with Crippen LogP contribution in [0.3, 0.4) is 0 Å². The number of aliphatic hydroxyl groups excluding tert-OH is 1. The Morgan fingerprint density at radius 3 is 2.00 bits per heavy atom. The first-order chi connectivity index (χ1) is 18.3. The van der Waals surface area contributed by atoms with Crippen LogP contribution in [0, 0.1) is 0 Å². The van der Waals surface area contributed by atoms with Crippen molar-refractivity contribution in [3.8, 4) is 17.2 Å². The van der Waals surface area contributed by atoms with E-state index >= 15 is 0 Å². The van der Waals surface area contributed by atoms with Crippen molar-refractivity contribution in [1.29, 1.82) is 0 Å². The maximum absolute atomic E-state index is 13.4. The molecule has 0 saturated carbocycles. The number of anilines is 1. The van der Waals surface area contributed by atoms with Gasteiger partial charge < -0.3 is 19.3 Å². The van der Waals surface area contributed by atoms with Crippen molar-refractivity contribution in [1.82, 2.24) is 0 Å². The molecule has 7 nitrogen and oxygen atoms in total. The molecule has 1 unspecified atom stereocenters. The number of rotatable bonds is 10. The molecule has 0 radical (unpaired) electrons. The van der Waals surface area contributed by atoms with E-state index in [1.54, 1.807) is 60.7 Å². The molecule has 1 aliphatic heterocycles. The number of aliphatic hydroxyl groups is 1. The van der Waals surface area contributed by atoms with Gasteiger partial charge in [-0.1, -0.05) is 19.1 Å². The number of nitrogens with zero attached hydrogens (tertiary/aromatic N) is 1. The molecular formula is C31H33NO6. The maximum Gasteiger partial charge on any atom is 0.300 e. The van der Waals surface area contributed by atoms with E-state index in [2.05, 4.69) is 0 Å². The summed E-state index contributed by atoms with van der Waals surface area (Å²) in [6.45, 7) is 8.87. The summed E-state index contributed by atoms with van der Waals surface area (Å²) in [6, 6.07) is 20.2. The number of ketones is 1. The van der Waals surface area contributed by atoms with E-state index < -0.39 is 17.7 Å². The second-order valence-corrected chi connectivity index (χ2v) is 9.20. The number of carbonyl (C=O) groups excluding carboxylic acids is 2. The molecule has 0 aromatic heterocycles. The molecule has 0 spiro atoms. The van der Waals surface area contributed by atoms with E-state index in [1.807, 2.05) is 39.8 Å². The highest BCUT2D eigenvalue weighted by Gasteiger charge is 2.47. The van der Waals surface area contributed by atoms with Crippen molar-refractivity contribution in [2.45, 2.75) is 46.3 Å². The summed E-state index contributed by atoms with van der Waals surface area (Å²) in [6.07, 6.45) is 0.872. The first-order valence-electron chi connectivity index (χ1n) is 12.9. The van der Waals surface area contributed by atoms with Gasteiger partial charge in [-0.05, 0) is 93.4 Å². The molecule has 1 heterocycles. The number of hydrogen-bond donors (Lipinski definition) is 1. The van der Waals surface area contributed by atoms with Crippen molar-refractivity contribution >= 4 is 23.1 Å². The molecule has 38 heavy (non-hydrogen) atoms. The van der Waals surface area contributed by atoms with Gasteiger partial charge in [0, 0.05) is 11.3 Å². The molecule has 1 amide bonds. The van der Waals surface area contributed by atoms with Gasteiger partial charge in [0.15, 0.2) is 0 Å². The molecule has 0 aliphatic carbocycles. The molecular weight excluding hydrogens is 482 g/mol. The highest BCUT2D eigenvalue weighted by molar-refractivity contribution is 6.51. The Balaban J connectivity index is 1.80. The Hall–Kier alpha value is -4.26. The third kappa shape index (κ3) is 5.67. The van der Waals surface area contributed by atoms with Gasteiger partial charge in [0.25, 0.3) is 11.7 Å². The molecule has 7 heteroatoms. The second kappa shape index (κ2) is 11.9. The van der Waals surface area contributed by atoms with Gasteiger partial charge in [-0.15, -0.1) is 0 Å². The van der Waals surface area contributed by atoms with E-state index in [1.165, 1.54) is 4.90 Å². The minimum absolute atomic E-state index is 0.000354. The fourth-order valence-electron chi connectivity index (χ4n) is 4.37. The molecule has 1 saturated heterocycles. The summed E-state index contributed by atoms with van der Waals surface area (Å²) in [5, 5.41) is 11.4. The van der Waals surface area contributed by atoms with E-state index in [9.17, 15) is 14.7 Å². The summed E-state index contributed by atoms with van der Waals surface area (Å²) in [5.41, 5.74) is 1.62. The quantitative estimate of drug-likeness (QED) is 0.194. The topological polar surface area (TPSA) is 85.3 Å². The van der Waals surface area contributed by atoms with Crippen molar-refractivity contribution in [2.75, 3.05) is 18.1 Å². The van der Waals surface area contributed by atoms with Gasteiger partial charge in [0.05, 0.1) is 30.9 Å². The third-order valence-corrected chi connectivity index (χ3v) is 6.04. The Kier molecular flexibility index (Phi) is 8.36. The smallest absolute Gasteiger partial charge is 0.300 e. The van der Waals surface area contributed by atoms with Crippen LogP contribution in [0.5, 0.6) is 17.2 Å². The lowest BCUT2D eigenvalue weighted by Gasteiger charge is -2.26. The average molecular weight is 516 g/mol. The fourth-order valence-corrected chi connectivity index (χ4v) is 4.37. The lowest BCUT2D eigenvalue weighted by atomic mass is 9.95. The summed E-state index contributed by atoms with van der Waals surface area (Å²) >= 11 is 0. The zero-order valence-electron chi connectivity index (χ0n) is 22.1. The van der Waals surface area contributed by atoms with Gasteiger partial charge in [-0.2, -0.15) is 0 Å². The first kappa shape index (κ1) is 26.8. The van der Waals surface area contributed by atoms with Crippen LogP contribution in [0.1, 0.15) is 51.3 Å². The molecule has 1 fully saturated rings. The van der Waals surface area contributed by atoms with Crippen molar-refractivity contribution in [3.63, 3.8) is 0 Å². The number of hydrogen-bond acceptors (Lipinski definition) is 6. The highest BCUT2D eigenvalue weighted by Crippen LogP contribution is 2.43.